The number of hydrogen-bond donors (Lipinski definition) is 2. The molecule has 0 radical (unpaired) electrons. The average Bonchev–Trinajstić information content (AvgIpc) is 2.78. The van der Waals surface area contributed by atoms with E-state index >= 15 is 0 Å². The highest BCUT2D eigenvalue weighted by Crippen LogP contribution is 2.23. The molecule has 0 spiro atoms. The SMILES string of the molecule is COc1ccc(C(=O)NC(=S)Nc2ccccc2OCCOc2ccccc2)cc1. The molecule has 0 fully saturated rings. The third kappa shape index (κ3) is 6.22. The fourth-order valence-electron chi connectivity index (χ4n) is 2.59. The lowest BCUT2D eigenvalue weighted by molar-refractivity contribution is 0.0977. The van der Waals surface area contributed by atoms with Crippen LogP contribution in [0.3, 0.4) is 0 Å². The Labute approximate surface area is 180 Å². The van der Waals surface area contributed by atoms with Crippen molar-refractivity contribution >= 4 is 28.9 Å². The topological polar surface area (TPSA) is 68.8 Å². The Balaban J connectivity index is 1.51. The van der Waals surface area contributed by atoms with Crippen molar-refractivity contribution in [3.63, 3.8) is 0 Å². The molecule has 3 rings (SSSR count). The van der Waals surface area contributed by atoms with E-state index in [9.17, 15) is 4.79 Å². The Morgan fingerprint density at radius 2 is 1.50 bits per heavy atom. The highest BCUT2D eigenvalue weighted by Gasteiger charge is 2.10. The van der Waals surface area contributed by atoms with Gasteiger partial charge in [0.05, 0.1) is 12.8 Å². The van der Waals surface area contributed by atoms with Gasteiger partial charge in [0.25, 0.3) is 5.91 Å². The van der Waals surface area contributed by atoms with Crippen molar-refractivity contribution in [3.8, 4) is 17.2 Å². The summed E-state index contributed by atoms with van der Waals surface area (Å²) in [6, 6.07) is 23.6. The molecule has 7 heteroatoms. The normalized spacial score (nSPS) is 10.0. The Hall–Kier alpha value is -3.58. The van der Waals surface area contributed by atoms with Crippen LogP contribution in [0.5, 0.6) is 17.2 Å². The number of rotatable bonds is 8. The second kappa shape index (κ2) is 10.8. The zero-order valence-corrected chi connectivity index (χ0v) is 17.3. The Morgan fingerprint density at radius 1 is 0.833 bits per heavy atom. The number of thiocarbonyl (C=S) groups is 1. The predicted octanol–water partition coefficient (Wildman–Crippen LogP) is 4.28. The third-order valence-corrected chi connectivity index (χ3v) is 4.27. The van der Waals surface area contributed by atoms with Gasteiger partial charge in [0.2, 0.25) is 0 Å². The van der Waals surface area contributed by atoms with Gasteiger partial charge in [0.1, 0.15) is 30.5 Å². The summed E-state index contributed by atoms with van der Waals surface area (Å²) in [5.41, 5.74) is 1.12. The second-order valence-corrected chi connectivity index (χ2v) is 6.55. The fourth-order valence-corrected chi connectivity index (χ4v) is 2.80. The van der Waals surface area contributed by atoms with Crippen molar-refractivity contribution in [2.24, 2.45) is 0 Å². The Kier molecular flexibility index (Phi) is 7.63. The monoisotopic (exact) mass is 422 g/mol. The Morgan fingerprint density at radius 3 is 2.23 bits per heavy atom. The van der Waals surface area contributed by atoms with E-state index in [4.69, 9.17) is 26.4 Å². The second-order valence-electron chi connectivity index (χ2n) is 6.14. The number of para-hydroxylation sites is 3. The first-order valence-electron chi connectivity index (χ1n) is 9.32. The molecule has 0 aromatic heterocycles. The number of hydrogen-bond acceptors (Lipinski definition) is 5. The van der Waals surface area contributed by atoms with Gasteiger partial charge in [-0.3, -0.25) is 10.1 Å². The fraction of sp³-hybridized carbons (Fsp3) is 0.130. The van der Waals surface area contributed by atoms with Crippen LogP contribution in [0.4, 0.5) is 5.69 Å². The molecule has 0 bridgehead atoms. The first kappa shape index (κ1) is 21.1. The molecule has 0 aliphatic rings. The van der Waals surface area contributed by atoms with E-state index in [1.165, 1.54) is 0 Å². The van der Waals surface area contributed by atoms with E-state index in [1.807, 2.05) is 54.6 Å². The van der Waals surface area contributed by atoms with Gasteiger partial charge in [-0.1, -0.05) is 30.3 Å². The number of methoxy groups -OCH3 is 1. The van der Waals surface area contributed by atoms with Crippen LogP contribution in [0.1, 0.15) is 10.4 Å². The summed E-state index contributed by atoms with van der Waals surface area (Å²) in [6.07, 6.45) is 0. The molecular weight excluding hydrogens is 400 g/mol. The summed E-state index contributed by atoms with van der Waals surface area (Å²) in [4.78, 5) is 12.3. The summed E-state index contributed by atoms with van der Waals surface area (Å²) in [7, 11) is 1.57. The molecule has 0 unspecified atom stereocenters. The summed E-state index contributed by atoms with van der Waals surface area (Å²) in [6.45, 7) is 0.759. The minimum atomic E-state index is -0.315. The maximum atomic E-state index is 12.3. The number of nitrogens with one attached hydrogen (secondary N) is 2. The predicted molar refractivity (Wildman–Crippen MR) is 121 cm³/mol. The zero-order valence-electron chi connectivity index (χ0n) is 16.5. The molecule has 6 nitrogen and oxygen atoms in total. The molecule has 0 aliphatic heterocycles. The molecule has 154 valence electrons. The minimum absolute atomic E-state index is 0.174. The van der Waals surface area contributed by atoms with Crippen molar-refractivity contribution in [2.75, 3.05) is 25.6 Å². The molecule has 0 saturated heterocycles. The molecule has 30 heavy (non-hydrogen) atoms. The summed E-state index contributed by atoms with van der Waals surface area (Å²) in [5, 5.41) is 5.83. The lowest BCUT2D eigenvalue weighted by Gasteiger charge is -2.14. The van der Waals surface area contributed by atoms with Crippen LogP contribution in [-0.4, -0.2) is 31.3 Å². The van der Waals surface area contributed by atoms with E-state index in [2.05, 4.69) is 10.6 Å². The largest absolute Gasteiger partial charge is 0.497 e. The van der Waals surface area contributed by atoms with Gasteiger partial charge in [-0.2, -0.15) is 0 Å². The van der Waals surface area contributed by atoms with Crippen LogP contribution in [0.25, 0.3) is 0 Å². The quantitative estimate of drug-likeness (QED) is 0.417. The van der Waals surface area contributed by atoms with E-state index in [0.29, 0.717) is 36.0 Å². The molecule has 0 atom stereocenters. The number of carbonyl (C=O) groups excluding carboxylic acids is 1. The van der Waals surface area contributed by atoms with Crippen LogP contribution >= 0.6 is 12.2 Å². The highest BCUT2D eigenvalue weighted by atomic mass is 32.1. The van der Waals surface area contributed by atoms with E-state index in [1.54, 1.807) is 31.4 Å². The van der Waals surface area contributed by atoms with Gasteiger partial charge in [-0.15, -0.1) is 0 Å². The standard InChI is InChI=1S/C23H22N2O4S/c1-27-18-13-11-17(12-14-18)22(26)25-23(30)24-20-9-5-6-10-21(20)29-16-15-28-19-7-3-2-4-8-19/h2-14H,15-16H2,1H3,(H2,24,25,26,30). The molecule has 0 saturated carbocycles. The van der Waals surface area contributed by atoms with E-state index in [0.717, 1.165) is 5.75 Å². The highest BCUT2D eigenvalue weighted by molar-refractivity contribution is 7.80. The molecule has 3 aromatic rings. The Bertz CT molecular complexity index is 978. The number of anilines is 1. The van der Waals surface area contributed by atoms with E-state index in [-0.39, 0.29) is 11.0 Å². The minimum Gasteiger partial charge on any atom is -0.497 e. The molecule has 0 aliphatic carbocycles. The van der Waals surface area contributed by atoms with Crippen LogP contribution < -0.4 is 24.8 Å². The number of amides is 1. The number of benzene rings is 3. The van der Waals surface area contributed by atoms with Crippen LogP contribution in [0, 0.1) is 0 Å². The third-order valence-electron chi connectivity index (χ3n) is 4.07. The maximum Gasteiger partial charge on any atom is 0.257 e. The maximum absolute atomic E-state index is 12.3. The van der Waals surface area contributed by atoms with Gasteiger partial charge >= 0.3 is 0 Å². The molecule has 1 amide bonds. The van der Waals surface area contributed by atoms with Crippen LogP contribution in [-0.2, 0) is 0 Å². The molecular formula is C23H22N2O4S. The van der Waals surface area contributed by atoms with Crippen LogP contribution in [0.15, 0.2) is 78.9 Å². The summed E-state index contributed by atoms with van der Waals surface area (Å²) in [5.74, 6) is 1.75. The van der Waals surface area contributed by atoms with Crippen molar-refractivity contribution in [2.45, 2.75) is 0 Å². The average molecular weight is 423 g/mol. The summed E-state index contributed by atoms with van der Waals surface area (Å²) >= 11 is 5.27. The first-order chi connectivity index (χ1) is 14.7. The lowest BCUT2D eigenvalue weighted by Crippen LogP contribution is -2.34. The van der Waals surface area contributed by atoms with Gasteiger partial charge in [-0.25, -0.2) is 0 Å². The van der Waals surface area contributed by atoms with Gasteiger partial charge in [-0.05, 0) is 60.7 Å². The molecule has 0 heterocycles. The molecule has 3 aromatic carbocycles. The van der Waals surface area contributed by atoms with Gasteiger partial charge in [0, 0.05) is 5.56 Å². The summed E-state index contributed by atoms with van der Waals surface area (Å²) < 4.78 is 16.5. The molecule has 2 N–H and O–H groups in total. The van der Waals surface area contributed by atoms with Crippen molar-refractivity contribution in [3.05, 3.63) is 84.4 Å². The first-order valence-corrected chi connectivity index (χ1v) is 9.72. The number of carbonyl (C=O) groups is 1. The van der Waals surface area contributed by atoms with Gasteiger partial charge in [0.15, 0.2) is 5.11 Å². The van der Waals surface area contributed by atoms with E-state index < -0.39 is 0 Å². The smallest absolute Gasteiger partial charge is 0.257 e. The van der Waals surface area contributed by atoms with Crippen molar-refractivity contribution in [1.82, 2.24) is 5.32 Å². The number of ether oxygens (including phenoxy) is 3. The lowest BCUT2D eigenvalue weighted by atomic mass is 10.2. The zero-order chi connectivity index (χ0) is 21.2. The van der Waals surface area contributed by atoms with Crippen molar-refractivity contribution < 1.29 is 19.0 Å². The van der Waals surface area contributed by atoms with Gasteiger partial charge < -0.3 is 19.5 Å². The van der Waals surface area contributed by atoms with Crippen LogP contribution in [0.2, 0.25) is 0 Å². The van der Waals surface area contributed by atoms with Crippen molar-refractivity contribution in [1.29, 1.82) is 0 Å².